The number of guanidine groups is 1. The van der Waals surface area contributed by atoms with E-state index < -0.39 is 0 Å². The second-order valence-electron chi connectivity index (χ2n) is 7.02. The van der Waals surface area contributed by atoms with Crippen LogP contribution in [-0.2, 0) is 4.74 Å². The summed E-state index contributed by atoms with van der Waals surface area (Å²) in [6.45, 7) is 11.6. The summed E-state index contributed by atoms with van der Waals surface area (Å²) in [6.07, 6.45) is 0.158. The van der Waals surface area contributed by atoms with Crippen LogP contribution < -0.4 is 20.1 Å². The van der Waals surface area contributed by atoms with Crippen LogP contribution in [-0.4, -0.2) is 70.5 Å². The molecule has 1 aliphatic heterocycles. The van der Waals surface area contributed by atoms with Crippen LogP contribution in [0.3, 0.4) is 0 Å². The van der Waals surface area contributed by atoms with E-state index >= 15 is 0 Å². The summed E-state index contributed by atoms with van der Waals surface area (Å²) in [6, 6.07) is 5.74. The number of nitrogens with one attached hydrogen (secondary N) is 2. The summed E-state index contributed by atoms with van der Waals surface area (Å²) in [4.78, 5) is 6.77. The van der Waals surface area contributed by atoms with Gasteiger partial charge in [-0.15, -0.1) is 0 Å². The van der Waals surface area contributed by atoms with Gasteiger partial charge >= 0.3 is 0 Å². The molecule has 1 aromatic carbocycles. The van der Waals surface area contributed by atoms with E-state index in [-0.39, 0.29) is 6.10 Å². The Bertz CT molecular complexity index is 607. The molecule has 2 N–H and O–H groups in total. The number of anilines is 1. The Morgan fingerprint density at radius 3 is 2.85 bits per heavy atom. The highest BCUT2D eigenvalue weighted by molar-refractivity contribution is 5.93. The molecule has 0 bridgehead atoms. The van der Waals surface area contributed by atoms with E-state index in [1.54, 1.807) is 14.2 Å². The van der Waals surface area contributed by atoms with Crippen LogP contribution in [0, 0.1) is 5.92 Å². The summed E-state index contributed by atoms with van der Waals surface area (Å²) in [7, 11) is 3.39. The average molecular weight is 379 g/mol. The van der Waals surface area contributed by atoms with Crippen molar-refractivity contribution in [2.24, 2.45) is 10.9 Å². The minimum atomic E-state index is 0.158. The molecule has 1 heterocycles. The number of nitrogens with zero attached hydrogens (tertiary/aromatic N) is 2. The molecule has 1 aromatic rings. The number of ether oxygens (including phenoxy) is 3. The number of morpholine rings is 1. The Morgan fingerprint density at radius 2 is 2.19 bits per heavy atom. The van der Waals surface area contributed by atoms with Gasteiger partial charge in [0.15, 0.2) is 17.5 Å². The fourth-order valence-electron chi connectivity index (χ4n) is 3.13. The summed E-state index contributed by atoms with van der Waals surface area (Å²) in [5.74, 6) is 2.79. The number of benzene rings is 1. The molecule has 0 spiro atoms. The molecular formula is C20H34N4O3. The van der Waals surface area contributed by atoms with Crippen molar-refractivity contribution in [3.8, 4) is 11.5 Å². The van der Waals surface area contributed by atoms with E-state index in [9.17, 15) is 0 Å². The molecule has 1 atom stereocenters. The van der Waals surface area contributed by atoms with Gasteiger partial charge in [-0.3, -0.25) is 9.89 Å². The smallest absolute Gasteiger partial charge is 0.195 e. The standard InChI is InChI=1S/C20H34N4O3/c1-6-26-18-8-7-16(11-19(18)25-5)23-20(21-4)22-12-17-14-24(9-10-27-17)13-15(2)3/h7-8,11,15,17H,6,9-10,12-14H2,1-5H3,(H2,21,22,23). The first kappa shape index (κ1) is 21.3. The van der Waals surface area contributed by atoms with E-state index in [0.717, 1.165) is 37.7 Å². The third-order valence-electron chi connectivity index (χ3n) is 4.29. The van der Waals surface area contributed by atoms with Crippen molar-refractivity contribution >= 4 is 11.6 Å². The van der Waals surface area contributed by atoms with Gasteiger partial charge in [-0.1, -0.05) is 13.8 Å². The summed E-state index contributed by atoms with van der Waals surface area (Å²) in [5.41, 5.74) is 0.884. The first-order chi connectivity index (χ1) is 13.0. The van der Waals surface area contributed by atoms with Gasteiger partial charge in [0.25, 0.3) is 0 Å². The summed E-state index contributed by atoms with van der Waals surface area (Å²) < 4.78 is 16.9. The highest BCUT2D eigenvalue weighted by Gasteiger charge is 2.21. The molecule has 2 rings (SSSR count). The van der Waals surface area contributed by atoms with E-state index in [2.05, 4.69) is 34.4 Å². The molecule has 7 nitrogen and oxygen atoms in total. The van der Waals surface area contributed by atoms with Gasteiger partial charge in [-0.2, -0.15) is 0 Å². The Kier molecular flexibility index (Phi) is 8.67. The van der Waals surface area contributed by atoms with Gasteiger partial charge in [0, 0.05) is 45.0 Å². The van der Waals surface area contributed by atoms with Crippen molar-refractivity contribution in [1.29, 1.82) is 0 Å². The predicted molar refractivity (Wildman–Crippen MR) is 110 cm³/mol. The van der Waals surface area contributed by atoms with Gasteiger partial charge in [0.05, 0.1) is 26.4 Å². The van der Waals surface area contributed by atoms with Gasteiger partial charge in [-0.05, 0) is 25.0 Å². The fourth-order valence-corrected chi connectivity index (χ4v) is 3.13. The van der Waals surface area contributed by atoms with Crippen LogP contribution in [0.4, 0.5) is 5.69 Å². The maximum absolute atomic E-state index is 5.89. The molecule has 0 aromatic heterocycles. The molecule has 1 fully saturated rings. The zero-order valence-corrected chi connectivity index (χ0v) is 17.2. The molecule has 1 unspecified atom stereocenters. The van der Waals surface area contributed by atoms with Crippen LogP contribution >= 0.6 is 0 Å². The molecule has 7 heteroatoms. The van der Waals surface area contributed by atoms with Crippen molar-refractivity contribution in [2.45, 2.75) is 26.9 Å². The maximum Gasteiger partial charge on any atom is 0.195 e. The number of aliphatic imine (C=N–C) groups is 1. The van der Waals surface area contributed by atoms with Crippen LogP contribution in [0.25, 0.3) is 0 Å². The number of rotatable bonds is 8. The Balaban J connectivity index is 1.88. The number of hydrogen-bond donors (Lipinski definition) is 2. The minimum absolute atomic E-state index is 0.158. The number of methoxy groups -OCH3 is 1. The van der Waals surface area contributed by atoms with Crippen LogP contribution in [0.5, 0.6) is 11.5 Å². The van der Waals surface area contributed by atoms with Crippen molar-refractivity contribution in [2.75, 3.05) is 58.9 Å². The predicted octanol–water partition coefficient (Wildman–Crippen LogP) is 2.44. The normalized spacial score (nSPS) is 18.4. The SMILES string of the molecule is CCOc1ccc(NC(=NC)NCC2CN(CC(C)C)CCO2)cc1OC. The topological polar surface area (TPSA) is 67.4 Å². The van der Waals surface area contributed by atoms with E-state index in [1.807, 2.05) is 25.1 Å². The minimum Gasteiger partial charge on any atom is -0.493 e. The highest BCUT2D eigenvalue weighted by Crippen LogP contribution is 2.30. The summed E-state index contributed by atoms with van der Waals surface area (Å²) in [5, 5.41) is 6.64. The quantitative estimate of drug-likeness (QED) is 0.535. The van der Waals surface area contributed by atoms with Gasteiger partial charge in [0.1, 0.15) is 0 Å². The van der Waals surface area contributed by atoms with Crippen molar-refractivity contribution in [3.63, 3.8) is 0 Å². The van der Waals surface area contributed by atoms with Crippen molar-refractivity contribution in [1.82, 2.24) is 10.2 Å². The molecule has 0 amide bonds. The van der Waals surface area contributed by atoms with Crippen LogP contribution in [0.2, 0.25) is 0 Å². The zero-order chi connectivity index (χ0) is 19.6. The monoisotopic (exact) mass is 378 g/mol. The molecule has 1 saturated heterocycles. The lowest BCUT2D eigenvalue weighted by molar-refractivity contribution is -0.0283. The van der Waals surface area contributed by atoms with Gasteiger partial charge in [0.2, 0.25) is 0 Å². The molecule has 0 saturated carbocycles. The Labute approximate surface area is 163 Å². The van der Waals surface area contributed by atoms with Crippen LogP contribution in [0.1, 0.15) is 20.8 Å². The highest BCUT2D eigenvalue weighted by atomic mass is 16.5. The van der Waals surface area contributed by atoms with E-state index in [4.69, 9.17) is 14.2 Å². The van der Waals surface area contributed by atoms with Gasteiger partial charge < -0.3 is 24.8 Å². The molecule has 1 aliphatic rings. The van der Waals surface area contributed by atoms with E-state index in [0.29, 0.717) is 30.8 Å². The molecule has 0 aliphatic carbocycles. The second-order valence-corrected chi connectivity index (χ2v) is 7.02. The van der Waals surface area contributed by atoms with E-state index in [1.165, 1.54) is 0 Å². The van der Waals surface area contributed by atoms with Crippen LogP contribution in [0.15, 0.2) is 23.2 Å². The first-order valence-electron chi connectivity index (χ1n) is 9.68. The summed E-state index contributed by atoms with van der Waals surface area (Å²) >= 11 is 0. The lowest BCUT2D eigenvalue weighted by Gasteiger charge is -2.34. The lowest BCUT2D eigenvalue weighted by atomic mass is 10.2. The molecule has 27 heavy (non-hydrogen) atoms. The first-order valence-corrected chi connectivity index (χ1v) is 9.68. The molecule has 0 radical (unpaired) electrons. The third kappa shape index (κ3) is 6.92. The Hall–Kier alpha value is -1.99. The average Bonchev–Trinajstić information content (AvgIpc) is 2.66. The molecular weight excluding hydrogens is 344 g/mol. The number of hydrogen-bond acceptors (Lipinski definition) is 5. The molecule has 152 valence electrons. The second kappa shape index (κ2) is 11.0. The van der Waals surface area contributed by atoms with Crippen molar-refractivity contribution in [3.05, 3.63) is 18.2 Å². The Morgan fingerprint density at radius 1 is 1.37 bits per heavy atom. The maximum atomic E-state index is 5.89. The fraction of sp³-hybridized carbons (Fsp3) is 0.650. The van der Waals surface area contributed by atoms with Gasteiger partial charge in [-0.25, -0.2) is 0 Å². The zero-order valence-electron chi connectivity index (χ0n) is 17.2. The van der Waals surface area contributed by atoms with Crippen molar-refractivity contribution < 1.29 is 14.2 Å². The largest absolute Gasteiger partial charge is 0.493 e. The lowest BCUT2D eigenvalue weighted by Crippen LogP contribution is -2.49. The third-order valence-corrected chi connectivity index (χ3v) is 4.29.